The summed E-state index contributed by atoms with van der Waals surface area (Å²) in [6.07, 6.45) is 0. The van der Waals surface area contributed by atoms with Crippen LogP contribution in [0, 0.1) is 18.3 Å². The smallest absolute Gasteiger partial charge is 0.0992 e. The van der Waals surface area contributed by atoms with Crippen molar-refractivity contribution in [1.29, 1.82) is 5.26 Å². The molecule has 3 aromatic carbocycles. The molecular weight excluding hydrogens is 280 g/mol. The molecule has 23 heavy (non-hydrogen) atoms. The summed E-state index contributed by atoms with van der Waals surface area (Å²) in [7, 11) is 2.01. The summed E-state index contributed by atoms with van der Waals surface area (Å²) in [6, 6.07) is 26.8. The minimum Gasteiger partial charge on any atom is -0.345 e. The van der Waals surface area contributed by atoms with Crippen LogP contribution < -0.4 is 4.90 Å². The first-order valence-corrected chi connectivity index (χ1v) is 7.58. The molecule has 0 unspecified atom stereocenters. The monoisotopic (exact) mass is 298 g/mol. The van der Waals surface area contributed by atoms with Gasteiger partial charge in [0.05, 0.1) is 11.6 Å². The van der Waals surface area contributed by atoms with Crippen LogP contribution in [0.1, 0.15) is 11.1 Å². The average molecular weight is 298 g/mol. The maximum absolute atomic E-state index is 9.03. The maximum atomic E-state index is 9.03. The first-order chi connectivity index (χ1) is 11.2. The lowest BCUT2D eigenvalue weighted by molar-refractivity contribution is 1.21. The van der Waals surface area contributed by atoms with Crippen LogP contribution in [0.4, 0.5) is 11.4 Å². The molecular formula is C21H18N2. The number of benzene rings is 3. The van der Waals surface area contributed by atoms with E-state index in [1.807, 2.05) is 31.3 Å². The first-order valence-electron chi connectivity index (χ1n) is 7.58. The van der Waals surface area contributed by atoms with Crippen molar-refractivity contribution in [3.63, 3.8) is 0 Å². The molecule has 0 atom stereocenters. The van der Waals surface area contributed by atoms with Gasteiger partial charge in [0.1, 0.15) is 0 Å². The third-order valence-electron chi connectivity index (χ3n) is 4.00. The van der Waals surface area contributed by atoms with E-state index < -0.39 is 0 Å². The summed E-state index contributed by atoms with van der Waals surface area (Å²) >= 11 is 0. The standard InChI is InChI=1S/C21H18N2/c1-16-6-8-18(9-7-16)19-10-12-20(13-11-19)23(2)21-5-3-4-17(14-21)15-22/h3-14H,1-2H3. The molecule has 0 saturated heterocycles. The maximum Gasteiger partial charge on any atom is 0.0992 e. The van der Waals surface area contributed by atoms with E-state index in [-0.39, 0.29) is 0 Å². The number of nitrogens with zero attached hydrogens (tertiary/aromatic N) is 2. The first kappa shape index (κ1) is 14.9. The van der Waals surface area contributed by atoms with Crippen LogP contribution >= 0.6 is 0 Å². The van der Waals surface area contributed by atoms with Crippen molar-refractivity contribution in [2.24, 2.45) is 0 Å². The highest BCUT2D eigenvalue weighted by Gasteiger charge is 2.05. The van der Waals surface area contributed by atoms with Gasteiger partial charge in [-0.2, -0.15) is 5.26 Å². The normalized spacial score (nSPS) is 10.1. The predicted octanol–water partition coefficient (Wildman–Crippen LogP) is 5.30. The summed E-state index contributed by atoms with van der Waals surface area (Å²) in [4.78, 5) is 2.08. The molecule has 0 aliphatic carbocycles. The molecule has 0 aromatic heterocycles. The Hall–Kier alpha value is -3.05. The van der Waals surface area contributed by atoms with E-state index in [4.69, 9.17) is 5.26 Å². The van der Waals surface area contributed by atoms with Gasteiger partial charge in [0.2, 0.25) is 0 Å². The fourth-order valence-corrected chi connectivity index (χ4v) is 2.56. The Balaban J connectivity index is 1.86. The Bertz CT molecular complexity index is 840. The van der Waals surface area contributed by atoms with Crippen LogP contribution in [-0.4, -0.2) is 7.05 Å². The largest absolute Gasteiger partial charge is 0.345 e. The molecule has 0 radical (unpaired) electrons. The van der Waals surface area contributed by atoms with Gasteiger partial charge in [0, 0.05) is 18.4 Å². The zero-order chi connectivity index (χ0) is 16.2. The third kappa shape index (κ3) is 3.25. The van der Waals surface area contributed by atoms with Crippen molar-refractivity contribution in [2.45, 2.75) is 6.92 Å². The fraction of sp³-hybridized carbons (Fsp3) is 0.0952. The van der Waals surface area contributed by atoms with Crippen molar-refractivity contribution >= 4 is 11.4 Å². The minimum atomic E-state index is 0.672. The Morgan fingerprint density at radius 1 is 0.783 bits per heavy atom. The Morgan fingerprint density at radius 3 is 2.00 bits per heavy atom. The predicted molar refractivity (Wildman–Crippen MR) is 95.8 cm³/mol. The second-order valence-corrected chi connectivity index (χ2v) is 5.63. The molecule has 112 valence electrons. The van der Waals surface area contributed by atoms with Crippen LogP contribution in [-0.2, 0) is 0 Å². The van der Waals surface area contributed by atoms with Gasteiger partial charge in [-0.1, -0.05) is 48.0 Å². The number of aryl methyl sites for hydroxylation is 1. The molecule has 0 fully saturated rings. The number of nitriles is 1. The van der Waals surface area contributed by atoms with Gasteiger partial charge in [-0.05, 0) is 48.4 Å². The van der Waals surface area contributed by atoms with Crippen LogP contribution in [0.3, 0.4) is 0 Å². The van der Waals surface area contributed by atoms with Crippen molar-refractivity contribution < 1.29 is 0 Å². The van der Waals surface area contributed by atoms with E-state index >= 15 is 0 Å². The van der Waals surface area contributed by atoms with Gasteiger partial charge < -0.3 is 4.90 Å². The van der Waals surface area contributed by atoms with Gasteiger partial charge >= 0.3 is 0 Å². The highest BCUT2D eigenvalue weighted by atomic mass is 15.1. The van der Waals surface area contributed by atoms with E-state index in [0.29, 0.717) is 5.56 Å². The van der Waals surface area contributed by atoms with Crippen molar-refractivity contribution in [3.8, 4) is 17.2 Å². The van der Waals surface area contributed by atoms with E-state index in [1.165, 1.54) is 16.7 Å². The zero-order valence-electron chi connectivity index (χ0n) is 13.3. The fourth-order valence-electron chi connectivity index (χ4n) is 2.56. The lowest BCUT2D eigenvalue weighted by Gasteiger charge is -2.20. The van der Waals surface area contributed by atoms with E-state index in [1.54, 1.807) is 0 Å². The van der Waals surface area contributed by atoms with Crippen LogP contribution in [0.5, 0.6) is 0 Å². The van der Waals surface area contributed by atoms with Gasteiger partial charge in [0.15, 0.2) is 0 Å². The van der Waals surface area contributed by atoms with Gasteiger partial charge in [0.25, 0.3) is 0 Å². The summed E-state index contributed by atoms with van der Waals surface area (Å²) in [5.41, 5.74) is 6.46. The zero-order valence-corrected chi connectivity index (χ0v) is 13.3. The van der Waals surface area contributed by atoms with Crippen molar-refractivity contribution in [3.05, 3.63) is 83.9 Å². The molecule has 2 heteroatoms. The Labute approximate surface area is 137 Å². The van der Waals surface area contributed by atoms with Crippen LogP contribution in [0.15, 0.2) is 72.8 Å². The summed E-state index contributed by atoms with van der Waals surface area (Å²) in [5.74, 6) is 0. The second-order valence-electron chi connectivity index (χ2n) is 5.63. The van der Waals surface area contributed by atoms with Gasteiger partial charge in [-0.3, -0.25) is 0 Å². The highest BCUT2D eigenvalue weighted by molar-refractivity contribution is 5.70. The van der Waals surface area contributed by atoms with Gasteiger partial charge in [-0.25, -0.2) is 0 Å². The van der Waals surface area contributed by atoms with E-state index in [9.17, 15) is 0 Å². The summed E-state index contributed by atoms with van der Waals surface area (Å²) in [6.45, 7) is 2.09. The SMILES string of the molecule is Cc1ccc(-c2ccc(N(C)c3cccc(C#N)c3)cc2)cc1. The number of hydrogen-bond donors (Lipinski definition) is 0. The molecule has 0 aliphatic heterocycles. The van der Waals surface area contributed by atoms with Crippen molar-refractivity contribution in [2.75, 3.05) is 11.9 Å². The molecule has 0 saturated carbocycles. The lowest BCUT2D eigenvalue weighted by atomic mass is 10.0. The van der Waals surface area contributed by atoms with Crippen LogP contribution in [0.2, 0.25) is 0 Å². The molecule has 0 heterocycles. The third-order valence-corrected chi connectivity index (χ3v) is 4.00. The van der Waals surface area contributed by atoms with E-state index in [2.05, 4.69) is 66.4 Å². The summed E-state index contributed by atoms with van der Waals surface area (Å²) in [5, 5.41) is 9.03. The molecule has 0 bridgehead atoms. The molecule has 3 aromatic rings. The molecule has 0 aliphatic rings. The highest BCUT2D eigenvalue weighted by Crippen LogP contribution is 2.27. The van der Waals surface area contributed by atoms with Crippen LogP contribution in [0.25, 0.3) is 11.1 Å². The molecule has 0 spiro atoms. The molecule has 2 nitrogen and oxygen atoms in total. The average Bonchev–Trinajstić information content (AvgIpc) is 2.62. The van der Waals surface area contributed by atoms with Crippen molar-refractivity contribution in [1.82, 2.24) is 0 Å². The summed E-state index contributed by atoms with van der Waals surface area (Å²) < 4.78 is 0. The number of rotatable bonds is 3. The Morgan fingerprint density at radius 2 is 1.39 bits per heavy atom. The lowest BCUT2D eigenvalue weighted by Crippen LogP contribution is -2.09. The Kier molecular flexibility index (Phi) is 4.12. The molecule has 3 rings (SSSR count). The molecule has 0 N–H and O–H groups in total. The molecule has 0 amide bonds. The van der Waals surface area contributed by atoms with E-state index in [0.717, 1.165) is 11.4 Å². The number of hydrogen-bond acceptors (Lipinski definition) is 2. The number of anilines is 2. The second kappa shape index (κ2) is 6.37. The topological polar surface area (TPSA) is 27.0 Å². The van der Waals surface area contributed by atoms with Gasteiger partial charge in [-0.15, -0.1) is 0 Å². The minimum absolute atomic E-state index is 0.672. The quantitative estimate of drug-likeness (QED) is 0.656.